The Bertz CT molecular complexity index is 2340. The lowest BCUT2D eigenvalue weighted by molar-refractivity contribution is -0.123. The van der Waals surface area contributed by atoms with Crippen molar-refractivity contribution in [3.05, 3.63) is 93.7 Å². The van der Waals surface area contributed by atoms with Gasteiger partial charge in [-0.1, -0.05) is 17.4 Å². The summed E-state index contributed by atoms with van der Waals surface area (Å²) < 4.78 is 138. The van der Waals surface area contributed by atoms with Crippen molar-refractivity contribution < 1.29 is 53.8 Å². The van der Waals surface area contributed by atoms with Gasteiger partial charge in [0.25, 0.3) is 18.3 Å². The summed E-state index contributed by atoms with van der Waals surface area (Å²) in [7, 11) is 0. The number of amides is 1. The number of aromatic nitrogens is 4. The molecular weight excluding hydrogens is 806 g/mol. The molecule has 0 spiro atoms. The fourth-order valence-electron chi connectivity index (χ4n) is 7.15. The molecule has 5 aromatic rings. The highest BCUT2D eigenvalue weighted by Gasteiger charge is 2.55. The maximum Gasteiger partial charge on any atom is 0.290 e. The first-order valence-electron chi connectivity index (χ1n) is 18.0. The van der Waals surface area contributed by atoms with Crippen molar-refractivity contribution in [2.75, 3.05) is 44.7 Å². The van der Waals surface area contributed by atoms with E-state index in [4.69, 9.17) is 9.72 Å². The number of nitrogens with zero attached hydrogens (tertiary/aromatic N) is 5. The van der Waals surface area contributed by atoms with Crippen LogP contribution in [0.4, 0.5) is 44.6 Å². The summed E-state index contributed by atoms with van der Waals surface area (Å²) in [6, 6.07) is 6.35. The fraction of sp³-hybridized carbons (Fsp3) is 0.395. The van der Waals surface area contributed by atoms with Gasteiger partial charge in [-0.2, -0.15) is 13.9 Å². The molecule has 1 aliphatic carbocycles. The number of morpholine rings is 1. The number of hydrogen-bond donors (Lipinski definition) is 2. The Labute approximate surface area is 328 Å². The smallest absolute Gasteiger partial charge is 0.290 e. The Balaban J connectivity index is 1.31. The number of halogens is 9. The zero-order chi connectivity index (χ0) is 41.5. The van der Waals surface area contributed by atoms with Crippen LogP contribution >= 0.6 is 11.3 Å². The number of carbonyl (C=O) groups excluding carboxylic acids is 2. The lowest BCUT2D eigenvalue weighted by atomic mass is 9.89. The number of Topliss-reactive ketones (excluding diaryl/α,β-unsaturated/α-hetero) is 1. The third kappa shape index (κ3) is 8.68. The highest BCUT2D eigenvalue weighted by molar-refractivity contribution is 7.22. The lowest BCUT2D eigenvalue weighted by Gasteiger charge is -2.29. The summed E-state index contributed by atoms with van der Waals surface area (Å²) in [5.74, 6) is -12.7. The van der Waals surface area contributed by atoms with Crippen LogP contribution in [0.1, 0.15) is 70.8 Å². The van der Waals surface area contributed by atoms with E-state index in [-0.39, 0.29) is 38.3 Å². The number of alkyl halides is 6. The minimum absolute atomic E-state index is 0.0226. The molecule has 308 valence electrons. The molecule has 0 unspecified atom stereocenters. The highest BCUT2D eigenvalue weighted by Crippen LogP contribution is 2.52. The number of thiazole rings is 1. The van der Waals surface area contributed by atoms with Gasteiger partial charge in [0.15, 0.2) is 16.6 Å². The van der Waals surface area contributed by atoms with Crippen molar-refractivity contribution in [3.8, 4) is 11.1 Å². The molecule has 10 nitrogen and oxygen atoms in total. The Morgan fingerprint density at radius 2 is 1.64 bits per heavy atom. The molecule has 4 heterocycles. The Kier molecular flexibility index (Phi) is 11.5. The molecule has 1 fully saturated rings. The highest BCUT2D eigenvalue weighted by atomic mass is 32.1. The maximum absolute atomic E-state index is 15.2. The fourth-order valence-corrected chi connectivity index (χ4v) is 8.03. The van der Waals surface area contributed by atoms with Crippen molar-refractivity contribution in [2.45, 2.75) is 57.0 Å². The Morgan fingerprint density at radius 1 is 0.931 bits per heavy atom. The molecule has 0 radical (unpaired) electrons. The van der Waals surface area contributed by atoms with Gasteiger partial charge < -0.3 is 15.4 Å². The van der Waals surface area contributed by atoms with Gasteiger partial charge in [-0.05, 0) is 54.8 Å². The maximum atomic E-state index is 15.2. The number of benzene rings is 2. The quantitative estimate of drug-likeness (QED) is 0.0909. The van der Waals surface area contributed by atoms with Gasteiger partial charge >= 0.3 is 0 Å². The molecule has 7 rings (SSSR count). The topological polar surface area (TPSA) is 114 Å². The summed E-state index contributed by atoms with van der Waals surface area (Å²) in [4.78, 5) is 37.7. The van der Waals surface area contributed by atoms with Gasteiger partial charge in [0.1, 0.15) is 35.4 Å². The van der Waals surface area contributed by atoms with E-state index in [2.05, 4.69) is 25.6 Å². The zero-order valence-corrected chi connectivity index (χ0v) is 31.4. The number of nitrogens with one attached hydrogen (secondary N) is 2. The van der Waals surface area contributed by atoms with Crippen molar-refractivity contribution >= 4 is 38.5 Å². The van der Waals surface area contributed by atoms with Crippen LogP contribution in [0.25, 0.3) is 21.5 Å². The standard InChI is InChI=1S/C38H34F9N7O3S/c1-19(55)24-15-21(2-3-26(24)41)25-17-28-35(51-36(58-28)48-6-7-53-8-10-57-11-9-53)50-31(25)27(14-20-12-22(39)16-23(40)13-20)49-29(56)18-54-33-30(32(52-54)34(42)43)37(44,45)4-5-38(33,46)47/h2-3,12-13,15-17,27,34H,4-11,14,18H2,1H3,(H,49,56)(H,48,50,51)/t27-/m0/s1. The molecule has 2 N–H and O–H groups in total. The van der Waals surface area contributed by atoms with Crippen LogP contribution in [0.15, 0.2) is 42.5 Å². The lowest BCUT2D eigenvalue weighted by Crippen LogP contribution is -2.38. The van der Waals surface area contributed by atoms with Gasteiger partial charge in [-0.15, -0.1) is 0 Å². The molecule has 20 heteroatoms. The van der Waals surface area contributed by atoms with Crippen molar-refractivity contribution in [1.29, 1.82) is 0 Å². The summed E-state index contributed by atoms with van der Waals surface area (Å²) in [5.41, 5.74) is -4.56. The van der Waals surface area contributed by atoms with E-state index in [9.17, 15) is 40.3 Å². The SMILES string of the molecule is CC(=O)c1cc(-c2cc3sc(NCCN4CCOCC4)nc3nc2[C@H](Cc2cc(F)cc(F)c2)NC(=O)Cn2nc(C(F)F)c3c2C(F)(F)CCC3(F)F)ccc1F. The van der Waals surface area contributed by atoms with Crippen LogP contribution in [-0.2, 0) is 34.3 Å². The molecule has 0 bridgehead atoms. The van der Waals surface area contributed by atoms with Crippen LogP contribution in [-0.4, -0.2) is 75.7 Å². The molecule has 1 saturated heterocycles. The summed E-state index contributed by atoms with van der Waals surface area (Å²) in [6.45, 7) is 3.79. The summed E-state index contributed by atoms with van der Waals surface area (Å²) in [6.07, 6.45) is -6.93. The van der Waals surface area contributed by atoms with E-state index in [1.807, 2.05) is 0 Å². The second-order valence-corrected chi connectivity index (χ2v) is 15.0. The molecule has 2 aromatic carbocycles. The average Bonchev–Trinajstić information content (AvgIpc) is 3.75. The molecule has 2 aliphatic rings. The van der Waals surface area contributed by atoms with Gasteiger partial charge in [0.05, 0.1) is 40.8 Å². The summed E-state index contributed by atoms with van der Waals surface area (Å²) >= 11 is 1.21. The normalized spacial score (nSPS) is 17.0. The van der Waals surface area contributed by atoms with Crippen LogP contribution < -0.4 is 10.6 Å². The predicted molar refractivity (Wildman–Crippen MR) is 194 cm³/mol. The van der Waals surface area contributed by atoms with E-state index in [1.165, 1.54) is 23.5 Å². The average molecular weight is 840 g/mol. The third-order valence-electron chi connectivity index (χ3n) is 9.85. The van der Waals surface area contributed by atoms with Crippen molar-refractivity contribution in [1.82, 2.24) is 30.0 Å². The molecule has 1 aliphatic heterocycles. The van der Waals surface area contributed by atoms with Gasteiger partial charge in [-0.25, -0.2) is 40.7 Å². The Hall–Kier alpha value is -5.08. The van der Waals surface area contributed by atoms with Crippen molar-refractivity contribution in [3.63, 3.8) is 0 Å². The molecular formula is C38H34F9N7O3S. The molecule has 0 saturated carbocycles. The van der Waals surface area contributed by atoms with Gasteiger partial charge in [0, 0.05) is 50.7 Å². The first kappa shape index (κ1) is 41.1. The second-order valence-electron chi connectivity index (χ2n) is 14.0. The van der Waals surface area contributed by atoms with Crippen LogP contribution in [0, 0.1) is 17.5 Å². The monoisotopic (exact) mass is 839 g/mol. The predicted octanol–water partition coefficient (Wildman–Crippen LogP) is 7.93. The number of hydrogen-bond acceptors (Lipinski definition) is 9. The summed E-state index contributed by atoms with van der Waals surface area (Å²) in [5, 5.41) is 9.58. The van der Waals surface area contributed by atoms with E-state index in [1.54, 1.807) is 6.07 Å². The molecule has 1 amide bonds. The number of fused-ring (bicyclic) bond motifs is 2. The second kappa shape index (κ2) is 16.3. The zero-order valence-electron chi connectivity index (χ0n) is 30.5. The van der Waals surface area contributed by atoms with Gasteiger partial charge in [0.2, 0.25) is 5.91 Å². The van der Waals surface area contributed by atoms with Crippen LogP contribution in [0.5, 0.6) is 0 Å². The third-order valence-corrected chi connectivity index (χ3v) is 10.8. The van der Waals surface area contributed by atoms with Crippen LogP contribution in [0.3, 0.4) is 0 Å². The molecule has 3 aromatic heterocycles. The van der Waals surface area contributed by atoms with E-state index in [0.29, 0.717) is 42.2 Å². The Morgan fingerprint density at radius 3 is 2.33 bits per heavy atom. The number of carbonyl (C=O) groups is 2. The number of pyridine rings is 1. The molecule has 58 heavy (non-hydrogen) atoms. The first-order chi connectivity index (χ1) is 27.5. The van der Waals surface area contributed by atoms with Crippen molar-refractivity contribution in [2.24, 2.45) is 0 Å². The number of ether oxygens (including phenoxy) is 1. The van der Waals surface area contributed by atoms with Crippen LogP contribution in [0.2, 0.25) is 0 Å². The van der Waals surface area contributed by atoms with Gasteiger partial charge in [-0.3, -0.25) is 19.2 Å². The molecule has 1 atom stereocenters. The van der Waals surface area contributed by atoms with E-state index >= 15 is 8.78 Å². The first-order valence-corrected chi connectivity index (χ1v) is 18.9. The van der Waals surface area contributed by atoms with E-state index in [0.717, 1.165) is 38.2 Å². The number of rotatable bonds is 13. The minimum atomic E-state index is -4.09. The number of ketones is 1. The largest absolute Gasteiger partial charge is 0.379 e. The van der Waals surface area contributed by atoms with E-state index < -0.39 is 96.2 Å². The minimum Gasteiger partial charge on any atom is -0.379 e. The number of anilines is 1.